The normalized spacial score (nSPS) is 17.2. The average molecular weight is 546 g/mol. The maximum absolute atomic E-state index is 13.6. The van der Waals surface area contributed by atoms with Gasteiger partial charge in [0.2, 0.25) is 16.0 Å². The van der Waals surface area contributed by atoms with Crippen LogP contribution >= 0.6 is 0 Å². The summed E-state index contributed by atoms with van der Waals surface area (Å²) in [5.74, 6) is 0.438. The molecule has 0 bridgehead atoms. The fourth-order valence-corrected chi connectivity index (χ4v) is 6.56. The van der Waals surface area contributed by atoms with Gasteiger partial charge in [0.05, 0.1) is 17.4 Å². The topological polar surface area (TPSA) is 131 Å². The van der Waals surface area contributed by atoms with Crippen LogP contribution in [0.3, 0.4) is 0 Å². The summed E-state index contributed by atoms with van der Waals surface area (Å²) in [6.07, 6.45) is 9.29. The molecule has 0 amide bonds. The number of rotatable bonds is 7. The minimum Gasteiger partial charge on any atom is -0.368 e. The van der Waals surface area contributed by atoms with Crippen molar-refractivity contribution >= 4 is 50.4 Å². The summed E-state index contributed by atoms with van der Waals surface area (Å²) in [5, 5.41) is 17.9. The lowest BCUT2D eigenvalue weighted by molar-refractivity contribution is 0.360. The number of hydrogen-bond donors (Lipinski definition) is 4. The maximum atomic E-state index is 13.6. The van der Waals surface area contributed by atoms with Gasteiger partial charge in [-0.1, -0.05) is 24.3 Å². The molecule has 2 aliphatic rings. The van der Waals surface area contributed by atoms with Crippen LogP contribution in [0.4, 0.5) is 17.3 Å². The highest BCUT2D eigenvalue weighted by molar-refractivity contribution is 7.89. The van der Waals surface area contributed by atoms with Crippen LogP contribution in [0, 0.1) is 0 Å². The zero-order chi connectivity index (χ0) is 26.7. The summed E-state index contributed by atoms with van der Waals surface area (Å²) in [6, 6.07) is 11.4. The van der Waals surface area contributed by atoms with Crippen molar-refractivity contribution in [3.05, 3.63) is 66.1 Å². The van der Waals surface area contributed by atoms with E-state index in [1.54, 1.807) is 28.8 Å². The van der Waals surface area contributed by atoms with E-state index >= 15 is 0 Å². The number of piperazine rings is 2. The number of fused-ring (bicyclic) bond motifs is 1. The largest absolute Gasteiger partial charge is 0.368 e. The first-order valence-corrected chi connectivity index (χ1v) is 14.5. The highest BCUT2D eigenvalue weighted by atomic mass is 32.2. The number of aromatic nitrogens is 4. The van der Waals surface area contributed by atoms with E-state index in [9.17, 15) is 8.42 Å². The Balaban J connectivity index is 1.23. The first kappa shape index (κ1) is 25.4. The van der Waals surface area contributed by atoms with Crippen LogP contribution in [0.5, 0.6) is 0 Å². The van der Waals surface area contributed by atoms with E-state index in [0.717, 1.165) is 53.9 Å². The lowest BCUT2D eigenvalue weighted by Gasteiger charge is -2.33. The minimum absolute atomic E-state index is 0.339. The summed E-state index contributed by atoms with van der Waals surface area (Å²) < 4.78 is 28.7. The van der Waals surface area contributed by atoms with E-state index in [1.165, 1.54) is 0 Å². The average Bonchev–Trinajstić information content (AvgIpc) is 3.47. The Kier molecular flexibility index (Phi) is 7.24. The van der Waals surface area contributed by atoms with E-state index in [-0.39, 0.29) is 0 Å². The Morgan fingerprint density at radius 3 is 2.38 bits per heavy atom. The number of nitrogens with zero attached hydrogens (tertiary/aromatic N) is 5. The van der Waals surface area contributed by atoms with Gasteiger partial charge in [-0.05, 0) is 29.8 Å². The third-order valence-corrected chi connectivity index (χ3v) is 8.96. The first-order chi connectivity index (χ1) is 19.1. The molecule has 0 spiro atoms. The molecule has 0 aliphatic carbocycles. The van der Waals surface area contributed by atoms with E-state index in [2.05, 4.69) is 41.0 Å². The number of hydrogen-bond acceptors (Lipinski definition) is 9. The van der Waals surface area contributed by atoms with Crippen LogP contribution in [0.1, 0.15) is 11.1 Å². The van der Waals surface area contributed by atoms with Gasteiger partial charge in [-0.25, -0.2) is 18.4 Å². The predicted octanol–water partition coefficient (Wildman–Crippen LogP) is 2.27. The highest BCUT2D eigenvalue weighted by Gasteiger charge is 2.30. The number of anilines is 3. The van der Waals surface area contributed by atoms with Crippen molar-refractivity contribution in [3.8, 4) is 0 Å². The number of nitrogens with one attached hydrogen (secondary N) is 4. The Bertz CT molecular complexity index is 1570. The molecule has 2 fully saturated rings. The summed E-state index contributed by atoms with van der Waals surface area (Å²) >= 11 is 0. The van der Waals surface area contributed by atoms with Gasteiger partial charge in [0.15, 0.2) is 0 Å². The maximum Gasteiger partial charge on any atom is 0.245 e. The van der Waals surface area contributed by atoms with Gasteiger partial charge in [-0.15, -0.1) is 0 Å². The van der Waals surface area contributed by atoms with Crippen LogP contribution in [0.25, 0.3) is 23.1 Å². The molecule has 12 heteroatoms. The number of benzene rings is 2. The van der Waals surface area contributed by atoms with Gasteiger partial charge in [-0.3, -0.25) is 5.10 Å². The van der Waals surface area contributed by atoms with Crippen molar-refractivity contribution in [1.29, 1.82) is 0 Å². The Hall–Kier alpha value is -3.84. The van der Waals surface area contributed by atoms with E-state index < -0.39 is 10.0 Å². The monoisotopic (exact) mass is 545 g/mol. The number of H-pyrrole nitrogens is 1. The Labute approximate surface area is 227 Å². The predicted molar refractivity (Wildman–Crippen MR) is 153 cm³/mol. The Morgan fingerprint density at radius 1 is 0.872 bits per heavy atom. The van der Waals surface area contributed by atoms with Crippen molar-refractivity contribution in [1.82, 2.24) is 35.1 Å². The van der Waals surface area contributed by atoms with Crippen LogP contribution in [-0.2, 0) is 10.0 Å². The molecular weight excluding hydrogens is 514 g/mol. The quantitative estimate of drug-likeness (QED) is 0.276. The van der Waals surface area contributed by atoms with Crippen molar-refractivity contribution in [3.63, 3.8) is 0 Å². The molecule has 11 nitrogen and oxygen atoms in total. The third kappa shape index (κ3) is 5.50. The van der Waals surface area contributed by atoms with Gasteiger partial charge < -0.3 is 20.9 Å². The van der Waals surface area contributed by atoms with Gasteiger partial charge in [0.1, 0.15) is 4.90 Å². The molecule has 4 aromatic rings. The zero-order valence-corrected chi connectivity index (χ0v) is 22.3. The molecule has 0 radical (unpaired) electrons. The zero-order valence-electron chi connectivity index (χ0n) is 21.5. The van der Waals surface area contributed by atoms with Crippen LogP contribution < -0.4 is 20.9 Å². The van der Waals surface area contributed by atoms with E-state index in [1.807, 2.05) is 42.6 Å². The fourth-order valence-electron chi connectivity index (χ4n) is 4.93. The van der Waals surface area contributed by atoms with Crippen LogP contribution in [0.2, 0.25) is 0 Å². The molecule has 4 N–H and O–H groups in total. The second-order valence-electron chi connectivity index (χ2n) is 9.55. The second kappa shape index (κ2) is 11.1. The molecule has 2 saturated heterocycles. The first-order valence-electron chi connectivity index (χ1n) is 13.1. The van der Waals surface area contributed by atoms with Gasteiger partial charge in [-0.2, -0.15) is 9.40 Å². The Morgan fingerprint density at radius 2 is 1.62 bits per heavy atom. The molecule has 0 saturated carbocycles. The van der Waals surface area contributed by atoms with Gasteiger partial charge >= 0.3 is 0 Å². The molecule has 202 valence electrons. The smallest absolute Gasteiger partial charge is 0.245 e. The number of aromatic amines is 1. The standard InChI is InChI=1S/C27H31N9O2S/c37-39(38,36-14-10-29-11-15-36)26-7-6-22(16-25(26)35-12-8-28-9-13-35)33-27-30-17-20(18-31-27)4-5-21-2-1-3-24-23(21)19-32-34-24/h1-7,16-19,28-29H,8-15H2,(H,32,34)(H,30,31,33)/b5-4+. The minimum atomic E-state index is -3.62. The van der Waals surface area contributed by atoms with E-state index in [0.29, 0.717) is 42.7 Å². The van der Waals surface area contributed by atoms with E-state index in [4.69, 9.17) is 0 Å². The summed E-state index contributed by atoms with van der Waals surface area (Å²) in [5.41, 5.74) is 4.34. The summed E-state index contributed by atoms with van der Waals surface area (Å²) in [4.78, 5) is 11.4. The molecule has 0 unspecified atom stereocenters. The molecule has 2 aliphatic heterocycles. The molecule has 4 heterocycles. The molecule has 0 atom stereocenters. The third-order valence-electron chi connectivity index (χ3n) is 7.01. The summed E-state index contributed by atoms with van der Waals surface area (Å²) in [7, 11) is -3.62. The van der Waals surface area contributed by atoms with Gasteiger partial charge in [0, 0.05) is 81.4 Å². The lowest BCUT2D eigenvalue weighted by Crippen LogP contribution is -2.47. The van der Waals surface area contributed by atoms with Crippen LogP contribution in [0.15, 0.2) is 59.9 Å². The molecule has 2 aromatic heterocycles. The molecular formula is C27H31N9O2S. The van der Waals surface area contributed by atoms with Crippen molar-refractivity contribution in [2.75, 3.05) is 62.6 Å². The molecule has 39 heavy (non-hydrogen) atoms. The summed E-state index contributed by atoms with van der Waals surface area (Å²) in [6.45, 7) is 5.32. The molecule has 6 rings (SSSR count). The fraction of sp³-hybridized carbons (Fsp3) is 0.296. The lowest BCUT2D eigenvalue weighted by atomic mass is 10.1. The second-order valence-corrected chi connectivity index (χ2v) is 11.5. The van der Waals surface area contributed by atoms with Crippen molar-refractivity contribution in [2.24, 2.45) is 0 Å². The number of sulfonamides is 1. The SMILES string of the molecule is O=S(=O)(c1ccc(Nc2ncc(/C=C/c3cccc4[nH]ncc34)cn2)cc1N1CCNCC1)N1CCNCC1. The van der Waals surface area contributed by atoms with Crippen LogP contribution in [-0.4, -0.2) is 85.2 Å². The van der Waals surface area contributed by atoms with Gasteiger partial charge in [0.25, 0.3) is 0 Å². The molecule has 2 aromatic carbocycles. The van der Waals surface area contributed by atoms with Crippen molar-refractivity contribution in [2.45, 2.75) is 4.90 Å². The van der Waals surface area contributed by atoms with Crippen molar-refractivity contribution < 1.29 is 8.42 Å². The highest BCUT2D eigenvalue weighted by Crippen LogP contribution is 2.32.